The van der Waals surface area contributed by atoms with Gasteiger partial charge in [0.1, 0.15) is 0 Å². The van der Waals surface area contributed by atoms with Crippen LogP contribution in [0.1, 0.15) is 39.5 Å². The fourth-order valence-electron chi connectivity index (χ4n) is 2.40. The summed E-state index contributed by atoms with van der Waals surface area (Å²) >= 11 is 0. The first-order chi connectivity index (χ1) is 8.22. The van der Waals surface area contributed by atoms with Gasteiger partial charge >= 0.3 is 0 Å². The second kappa shape index (κ2) is 7.53. The molecule has 0 bridgehead atoms. The van der Waals surface area contributed by atoms with E-state index in [1.54, 1.807) is 0 Å². The van der Waals surface area contributed by atoms with Crippen molar-refractivity contribution in [3.05, 3.63) is 0 Å². The van der Waals surface area contributed by atoms with E-state index in [0.717, 1.165) is 32.3 Å². The number of nitrogens with zero attached hydrogens (tertiary/aromatic N) is 1. The van der Waals surface area contributed by atoms with Crippen LogP contribution in [0.15, 0.2) is 4.99 Å². The van der Waals surface area contributed by atoms with Crippen molar-refractivity contribution in [2.24, 2.45) is 10.4 Å². The van der Waals surface area contributed by atoms with Crippen molar-refractivity contribution in [3.8, 4) is 0 Å². The standard InChI is InChI=1S/C13H25N3O.HI/c1-3-14-12(16-11-6-4-5-7-11)15-8-13(2)9-17-10-13;/h11H,3-10H2,1-2H3,(H2,14,15,16);1H. The van der Waals surface area contributed by atoms with Crippen molar-refractivity contribution in [3.63, 3.8) is 0 Å². The highest BCUT2D eigenvalue weighted by atomic mass is 127. The van der Waals surface area contributed by atoms with Crippen LogP contribution in [0.5, 0.6) is 0 Å². The number of halogens is 1. The van der Waals surface area contributed by atoms with Gasteiger partial charge < -0.3 is 15.4 Å². The number of hydrogen-bond donors (Lipinski definition) is 2. The van der Waals surface area contributed by atoms with Crippen molar-refractivity contribution in [2.45, 2.75) is 45.6 Å². The van der Waals surface area contributed by atoms with Gasteiger partial charge in [0.05, 0.1) is 19.8 Å². The molecule has 0 amide bonds. The van der Waals surface area contributed by atoms with E-state index in [0.29, 0.717) is 6.04 Å². The van der Waals surface area contributed by atoms with Gasteiger partial charge in [-0.3, -0.25) is 4.99 Å². The van der Waals surface area contributed by atoms with Crippen LogP contribution in [0.4, 0.5) is 0 Å². The van der Waals surface area contributed by atoms with Crippen molar-refractivity contribution in [1.29, 1.82) is 0 Å². The van der Waals surface area contributed by atoms with Crippen LogP contribution in [-0.2, 0) is 4.74 Å². The molecule has 0 unspecified atom stereocenters. The lowest BCUT2D eigenvalue weighted by Gasteiger charge is -2.36. The third-order valence-corrected chi connectivity index (χ3v) is 3.56. The van der Waals surface area contributed by atoms with Gasteiger partial charge in [0.15, 0.2) is 5.96 Å². The Kier molecular flexibility index (Phi) is 6.70. The molecule has 0 aromatic rings. The fourth-order valence-corrected chi connectivity index (χ4v) is 2.40. The Hall–Kier alpha value is -0.0400. The Morgan fingerprint density at radius 3 is 2.50 bits per heavy atom. The molecular weight excluding hydrogens is 341 g/mol. The fraction of sp³-hybridized carbons (Fsp3) is 0.923. The highest BCUT2D eigenvalue weighted by Crippen LogP contribution is 2.26. The SMILES string of the molecule is CCNC(=NCC1(C)COC1)NC1CCCC1.I. The number of hydrogen-bond acceptors (Lipinski definition) is 2. The summed E-state index contributed by atoms with van der Waals surface area (Å²) in [5.41, 5.74) is 0.262. The lowest BCUT2D eigenvalue weighted by Crippen LogP contribution is -2.46. The molecule has 0 aromatic heterocycles. The van der Waals surface area contributed by atoms with Crippen LogP contribution in [-0.4, -0.2) is 38.3 Å². The van der Waals surface area contributed by atoms with Gasteiger partial charge in [0.25, 0.3) is 0 Å². The van der Waals surface area contributed by atoms with Crippen LogP contribution in [0, 0.1) is 5.41 Å². The third kappa shape index (κ3) is 4.57. The molecule has 5 heteroatoms. The van der Waals surface area contributed by atoms with E-state index in [1.807, 2.05) is 0 Å². The highest BCUT2D eigenvalue weighted by molar-refractivity contribution is 14.0. The van der Waals surface area contributed by atoms with Gasteiger partial charge in [-0.05, 0) is 19.8 Å². The molecule has 0 spiro atoms. The molecule has 0 aromatic carbocycles. The van der Waals surface area contributed by atoms with Crippen molar-refractivity contribution >= 4 is 29.9 Å². The van der Waals surface area contributed by atoms with Crippen molar-refractivity contribution < 1.29 is 4.74 Å². The summed E-state index contributed by atoms with van der Waals surface area (Å²) in [4.78, 5) is 4.69. The molecule has 2 rings (SSSR count). The highest BCUT2D eigenvalue weighted by Gasteiger charge is 2.33. The van der Waals surface area contributed by atoms with Gasteiger partial charge in [-0.1, -0.05) is 19.8 Å². The zero-order valence-electron chi connectivity index (χ0n) is 11.5. The number of nitrogens with one attached hydrogen (secondary N) is 2. The summed E-state index contributed by atoms with van der Waals surface area (Å²) in [6.45, 7) is 7.82. The van der Waals surface area contributed by atoms with Crippen LogP contribution < -0.4 is 10.6 Å². The van der Waals surface area contributed by atoms with E-state index in [-0.39, 0.29) is 29.4 Å². The second-order valence-corrected chi connectivity index (χ2v) is 5.62. The number of rotatable bonds is 4. The Bertz CT molecular complexity index is 273. The normalized spacial score (nSPS) is 23.1. The minimum atomic E-state index is 0. The first kappa shape index (κ1) is 16.0. The Morgan fingerprint density at radius 1 is 1.33 bits per heavy atom. The van der Waals surface area contributed by atoms with Gasteiger partial charge in [-0.15, -0.1) is 24.0 Å². The zero-order chi connectivity index (χ0) is 12.1. The van der Waals surface area contributed by atoms with Crippen LogP contribution in [0.25, 0.3) is 0 Å². The minimum absolute atomic E-state index is 0. The van der Waals surface area contributed by atoms with E-state index in [1.165, 1.54) is 25.7 Å². The molecule has 0 atom stereocenters. The maximum atomic E-state index is 5.25. The predicted molar refractivity (Wildman–Crippen MR) is 85.7 cm³/mol. The Morgan fingerprint density at radius 2 is 2.00 bits per heavy atom. The van der Waals surface area contributed by atoms with Gasteiger partial charge in [-0.2, -0.15) is 0 Å². The number of aliphatic imine (C=N–C) groups is 1. The molecule has 2 N–H and O–H groups in total. The molecule has 1 aliphatic heterocycles. The summed E-state index contributed by atoms with van der Waals surface area (Å²) in [5, 5.41) is 6.86. The maximum Gasteiger partial charge on any atom is 0.191 e. The van der Waals surface area contributed by atoms with E-state index in [2.05, 4.69) is 29.5 Å². The average molecular weight is 367 g/mol. The first-order valence-electron chi connectivity index (χ1n) is 6.84. The monoisotopic (exact) mass is 367 g/mol. The van der Waals surface area contributed by atoms with Crippen LogP contribution in [0.3, 0.4) is 0 Å². The topological polar surface area (TPSA) is 45.7 Å². The molecule has 1 saturated carbocycles. The Labute approximate surface area is 127 Å². The Balaban J connectivity index is 0.00000162. The number of ether oxygens (including phenoxy) is 1. The summed E-state index contributed by atoms with van der Waals surface area (Å²) in [7, 11) is 0. The quantitative estimate of drug-likeness (QED) is 0.455. The smallest absolute Gasteiger partial charge is 0.191 e. The molecule has 4 nitrogen and oxygen atoms in total. The molecule has 106 valence electrons. The van der Waals surface area contributed by atoms with E-state index >= 15 is 0 Å². The largest absolute Gasteiger partial charge is 0.380 e. The molecule has 0 radical (unpaired) electrons. The van der Waals surface area contributed by atoms with E-state index in [9.17, 15) is 0 Å². The second-order valence-electron chi connectivity index (χ2n) is 5.62. The summed E-state index contributed by atoms with van der Waals surface area (Å²) in [6, 6.07) is 0.623. The first-order valence-corrected chi connectivity index (χ1v) is 6.84. The molecule has 1 heterocycles. The molecular formula is C13H26IN3O. The number of guanidine groups is 1. The molecule has 18 heavy (non-hydrogen) atoms. The lowest BCUT2D eigenvalue weighted by molar-refractivity contribution is -0.0945. The zero-order valence-corrected chi connectivity index (χ0v) is 13.8. The van der Waals surface area contributed by atoms with Crippen molar-refractivity contribution in [2.75, 3.05) is 26.3 Å². The van der Waals surface area contributed by atoms with E-state index in [4.69, 9.17) is 4.74 Å². The lowest BCUT2D eigenvalue weighted by atomic mass is 9.89. The minimum Gasteiger partial charge on any atom is -0.380 e. The van der Waals surface area contributed by atoms with Gasteiger partial charge in [0.2, 0.25) is 0 Å². The molecule has 1 aliphatic carbocycles. The summed E-state index contributed by atoms with van der Waals surface area (Å²) in [5.74, 6) is 0.979. The van der Waals surface area contributed by atoms with Crippen LogP contribution in [0.2, 0.25) is 0 Å². The third-order valence-electron chi connectivity index (χ3n) is 3.56. The van der Waals surface area contributed by atoms with Crippen molar-refractivity contribution in [1.82, 2.24) is 10.6 Å². The molecule has 2 aliphatic rings. The van der Waals surface area contributed by atoms with Gasteiger partial charge in [-0.25, -0.2) is 0 Å². The molecule has 1 saturated heterocycles. The predicted octanol–water partition coefficient (Wildman–Crippen LogP) is 2.14. The summed E-state index contributed by atoms with van der Waals surface area (Å²) < 4.78 is 5.25. The summed E-state index contributed by atoms with van der Waals surface area (Å²) in [6.07, 6.45) is 5.26. The van der Waals surface area contributed by atoms with Crippen LogP contribution >= 0.6 is 24.0 Å². The van der Waals surface area contributed by atoms with E-state index < -0.39 is 0 Å². The maximum absolute atomic E-state index is 5.25. The average Bonchev–Trinajstić information content (AvgIpc) is 2.76. The van der Waals surface area contributed by atoms with Gasteiger partial charge in [0, 0.05) is 18.0 Å². The molecule has 2 fully saturated rings.